The van der Waals surface area contributed by atoms with Crippen LogP contribution in [0, 0.1) is 0 Å². The van der Waals surface area contributed by atoms with Gasteiger partial charge in [-0.1, -0.05) is 34.5 Å². The Morgan fingerprint density at radius 1 is 1.61 bits per heavy atom. The van der Waals surface area contributed by atoms with Crippen LogP contribution in [-0.2, 0) is 4.79 Å². The van der Waals surface area contributed by atoms with Gasteiger partial charge in [-0.3, -0.25) is 4.79 Å². The number of hydrogen-bond donors (Lipinski definition) is 2. The van der Waals surface area contributed by atoms with Gasteiger partial charge in [0.15, 0.2) is 0 Å². The lowest BCUT2D eigenvalue weighted by Crippen LogP contribution is -2.16. The van der Waals surface area contributed by atoms with Crippen molar-refractivity contribution in [1.82, 2.24) is 0 Å². The molecule has 0 fully saturated rings. The van der Waals surface area contributed by atoms with Crippen LogP contribution in [0.1, 0.15) is 13.3 Å². The van der Waals surface area contributed by atoms with E-state index in [9.17, 15) is 4.79 Å². The molecule has 0 spiro atoms. The lowest BCUT2D eigenvalue weighted by atomic mass is 10.3. The van der Waals surface area contributed by atoms with Gasteiger partial charge in [0.25, 0.3) is 0 Å². The Hall–Kier alpha value is -0.230. The highest BCUT2D eigenvalue weighted by atomic mass is 79.9. The van der Waals surface area contributed by atoms with Crippen LogP contribution in [0.15, 0.2) is 22.7 Å². The number of thioether (sulfide) groups is 1. The summed E-state index contributed by atoms with van der Waals surface area (Å²) in [5.41, 5.74) is 0.611. The lowest BCUT2D eigenvalue weighted by Gasteiger charge is -2.10. The number of aliphatic hydroxyl groups excluding tert-OH is 1. The first-order valence-corrected chi connectivity index (χ1v) is 7.72. The fourth-order valence-electron chi connectivity index (χ4n) is 1.26. The zero-order valence-corrected chi connectivity index (χ0v) is 13.1. The van der Waals surface area contributed by atoms with E-state index in [2.05, 4.69) is 21.2 Å². The second kappa shape index (κ2) is 8.04. The number of carbonyl (C=O) groups excluding carboxylic acids is 1. The van der Waals surface area contributed by atoms with Crippen LogP contribution in [-0.4, -0.2) is 28.6 Å². The monoisotopic (exact) mass is 351 g/mol. The molecule has 0 bridgehead atoms. The van der Waals surface area contributed by atoms with E-state index in [-0.39, 0.29) is 17.8 Å². The minimum atomic E-state index is -0.0889. The highest BCUT2D eigenvalue weighted by Gasteiger charge is 2.09. The van der Waals surface area contributed by atoms with Crippen molar-refractivity contribution in [2.45, 2.75) is 18.6 Å². The largest absolute Gasteiger partial charge is 0.396 e. The Balaban J connectivity index is 2.44. The van der Waals surface area contributed by atoms with Crippen LogP contribution < -0.4 is 5.32 Å². The van der Waals surface area contributed by atoms with E-state index in [4.69, 9.17) is 16.7 Å². The fourth-order valence-corrected chi connectivity index (χ4v) is 2.76. The molecule has 0 aromatic heterocycles. The molecule has 100 valence electrons. The maximum Gasteiger partial charge on any atom is 0.234 e. The molecule has 1 rings (SSSR count). The van der Waals surface area contributed by atoms with E-state index in [1.165, 1.54) is 11.8 Å². The van der Waals surface area contributed by atoms with Gasteiger partial charge in [-0.25, -0.2) is 0 Å². The molecule has 2 N–H and O–H groups in total. The third-order valence-corrected chi connectivity index (χ3v) is 4.28. The number of rotatable bonds is 6. The number of hydrogen-bond acceptors (Lipinski definition) is 3. The number of nitrogens with one attached hydrogen (secondary N) is 1. The first kappa shape index (κ1) is 15.8. The predicted octanol–water partition coefficient (Wildman–Crippen LogP) is 3.55. The summed E-state index contributed by atoms with van der Waals surface area (Å²) in [5, 5.41) is 12.3. The Morgan fingerprint density at radius 3 is 2.94 bits per heavy atom. The molecule has 3 nitrogen and oxygen atoms in total. The summed E-state index contributed by atoms with van der Waals surface area (Å²) in [6.07, 6.45) is 0.691. The van der Waals surface area contributed by atoms with Crippen molar-refractivity contribution >= 4 is 50.9 Å². The second-order valence-electron chi connectivity index (χ2n) is 3.81. The maximum absolute atomic E-state index is 11.7. The van der Waals surface area contributed by atoms with Crippen molar-refractivity contribution in [2.24, 2.45) is 0 Å². The van der Waals surface area contributed by atoms with E-state index in [1.54, 1.807) is 12.1 Å². The van der Waals surface area contributed by atoms with Crippen molar-refractivity contribution < 1.29 is 9.90 Å². The van der Waals surface area contributed by atoms with Gasteiger partial charge < -0.3 is 10.4 Å². The minimum absolute atomic E-state index is 0.0889. The van der Waals surface area contributed by atoms with Gasteiger partial charge in [0.05, 0.1) is 16.5 Å². The Bertz CT molecular complexity index is 417. The van der Waals surface area contributed by atoms with Gasteiger partial charge in [-0.2, -0.15) is 0 Å². The highest BCUT2D eigenvalue weighted by Crippen LogP contribution is 2.26. The molecule has 0 radical (unpaired) electrons. The molecule has 1 unspecified atom stereocenters. The Kier molecular flexibility index (Phi) is 7.07. The first-order valence-electron chi connectivity index (χ1n) is 5.50. The topological polar surface area (TPSA) is 49.3 Å². The standard InChI is InChI=1S/C12H15BrClNO2S/c1-8(4-5-16)18-7-12(17)15-11-3-2-9(13)6-10(11)14/h2-3,6,8,16H,4-5,7H2,1H3,(H,15,17). The molecule has 6 heteroatoms. The van der Waals surface area contributed by atoms with E-state index < -0.39 is 0 Å². The zero-order valence-electron chi connectivity index (χ0n) is 9.95. The van der Waals surface area contributed by atoms with E-state index in [0.717, 1.165) is 4.47 Å². The van der Waals surface area contributed by atoms with E-state index in [1.807, 2.05) is 13.0 Å². The Morgan fingerprint density at radius 2 is 2.33 bits per heavy atom. The second-order valence-corrected chi connectivity index (χ2v) is 6.56. The molecule has 0 saturated heterocycles. The number of carbonyl (C=O) groups is 1. The van der Waals surface area contributed by atoms with Gasteiger partial charge in [0.1, 0.15) is 0 Å². The maximum atomic E-state index is 11.7. The quantitative estimate of drug-likeness (QED) is 0.823. The van der Waals surface area contributed by atoms with Crippen LogP contribution in [0.3, 0.4) is 0 Å². The zero-order chi connectivity index (χ0) is 13.5. The molecule has 1 atom stereocenters. The summed E-state index contributed by atoms with van der Waals surface area (Å²) in [5.74, 6) is 0.266. The summed E-state index contributed by atoms with van der Waals surface area (Å²) in [6, 6.07) is 5.31. The predicted molar refractivity (Wildman–Crippen MR) is 81.4 cm³/mol. The molecule has 0 aliphatic heterocycles. The molecule has 1 amide bonds. The number of aliphatic hydroxyl groups is 1. The van der Waals surface area contributed by atoms with Gasteiger partial charge in [0, 0.05) is 16.3 Å². The van der Waals surface area contributed by atoms with Gasteiger partial charge in [-0.15, -0.1) is 11.8 Å². The minimum Gasteiger partial charge on any atom is -0.396 e. The average molecular weight is 353 g/mol. The molecule has 18 heavy (non-hydrogen) atoms. The smallest absolute Gasteiger partial charge is 0.234 e. The summed E-state index contributed by atoms with van der Waals surface area (Å²) in [7, 11) is 0. The number of benzene rings is 1. The van der Waals surface area contributed by atoms with E-state index in [0.29, 0.717) is 22.9 Å². The summed E-state index contributed by atoms with van der Waals surface area (Å²) in [4.78, 5) is 11.7. The molecule has 1 aromatic carbocycles. The highest BCUT2D eigenvalue weighted by molar-refractivity contribution is 9.10. The lowest BCUT2D eigenvalue weighted by molar-refractivity contribution is -0.113. The van der Waals surface area contributed by atoms with Gasteiger partial charge in [-0.05, 0) is 24.6 Å². The SMILES string of the molecule is CC(CCO)SCC(=O)Nc1ccc(Br)cc1Cl. The van der Waals surface area contributed by atoms with Crippen LogP contribution in [0.2, 0.25) is 5.02 Å². The van der Waals surface area contributed by atoms with Crippen LogP contribution in [0.4, 0.5) is 5.69 Å². The molecule has 0 saturated carbocycles. The average Bonchev–Trinajstić information content (AvgIpc) is 2.31. The molecule has 0 aliphatic carbocycles. The molecule has 0 aliphatic rings. The van der Waals surface area contributed by atoms with Gasteiger partial charge >= 0.3 is 0 Å². The third kappa shape index (κ3) is 5.61. The van der Waals surface area contributed by atoms with Crippen molar-refractivity contribution in [3.05, 3.63) is 27.7 Å². The third-order valence-electron chi connectivity index (χ3n) is 2.24. The summed E-state index contributed by atoms with van der Waals surface area (Å²) >= 11 is 10.8. The number of anilines is 1. The van der Waals surface area contributed by atoms with Crippen LogP contribution >= 0.6 is 39.3 Å². The number of amides is 1. The van der Waals surface area contributed by atoms with Crippen molar-refractivity contribution in [1.29, 1.82) is 0 Å². The first-order chi connectivity index (χ1) is 8.52. The number of halogens is 2. The van der Waals surface area contributed by atoms with Gasteiger partial charge in [0.2, 0.25) is 5.91 Å². The summed E-state index contributed by atoms with van der Waals surface area (Å²) < 4.78 is 0.872. The molecular formula is C12H15BrClNO2S. The summed E-state index contributed by atoms with van der Waals surface area (Å²) in [6.45, 7) is 2.13. The van der Waals surface area contributed by atoms with Crippen molar-refractivity contribution in [3.8, 4) is 0 Å². The fraction of sp³-hybridized carbons (Fsp3) is 0.417. The normalized spacial score (nSPS) is 12.2. The molecular weight excluding hydrogens is 338 g/mol. The van der Waals surface area contributed by atoms with Crippen molar-refractivity contribution in [2.75, 3.05) is 17.7 Å². The Labute approximate surface area is 124 Å². The van der Waals surface area contributed by atoms with E-state index >= 15 is 0 Å². The van der Waals surface area contributed by atoms with Crippen LogP contribution in [0.25, 0.3) is 0 Å². The van der Waals surface area contributed by atoms with Crippen molar-refractivity contribution in [3.63, 3.8) is 0 Å². The molecule has 1 aromatic rings. The molecule has 0 heterocycles. The van der Waals surface area contributed by atoms with Crippen LogP contribution in [0.5, 0.6) is 0 Å².